The smallest absolute Gasteiger partial charge is 0.129 e. The third-order valence-corrected chi connectivity index (χ3v) is 4.37. The summed E-state index contributed by atoms with van der Waals surface area (Å²) >= 11 is 15.3. The first-order valence-electron chi connectivity index (χ1n) is 6.16. The average Bonchev–Trinajstić information content (AvgIpc) is 2.40. The molecule has 0 bridgehead atoms. The van der Waals surface area contributed by atoms with Gasteiger partial charge in [-0.2, -0.15) is 0 Å². The largest absolute Gasteiger partial charge is 0.306 e. The molecule has 0 fully saturated rings. The topological polar surface area (TPSA) is 12.0 Å². The van der Waals surface area contributed by atoms with E-state index in [0.717, 1.165) is 5.56 Å². The summed E-state index contributed by atoms with van der Waals surface area (Å²) in [5.74, 6) is -0.313. The second-order valence-corrected chi connectivity index (χ2v) is 6.03. The first-order chi connectivity index (χ1) is 9.52. The Morgan fingerprint density at radius 3 is 2.65 bits per heavy atom. The monoisotopic (exact) mass is 375 g/mol. The Bertz CT molecular complexity index is 619. The van der Waals surface area contributed by atoms with Gasteiger partial charge in [-0.15, -0.1) is 0 Å². The molecule has 0 aliphatic rings. The van der Waals surface area contributed by atoms with Gasteiger partial charge in [0, 0.05) is 15.1 Å². The predicted molar refractivity (Wildman–Crippen MR) is 86.1 cm³/mol. The number of nitrogens with one attached hydrogen (secondary N) is 1. The number of benzene rings is 2. The number of halogens is 4. The van der Waals surface area contributed by atoms with Crippen LogP contribution in [0.25, 0.3) is 0 Å². The molecule has 0 saturated carbocycles. The first-order valence-corrected chi connectivity index (χ1v) is 7.71. The second kappa shape index (κ2) is 6.90. The maximum atomic E-state index is 14.2. The summed E-state index contributed by atoms with van der Waals surface area (Å²) in [6.45, 7) is 2.67. The minimum atomic E-state index is -0.313. The lowest BCUT2D eigenvalue weighted by Crippen LogP contribution is -2.23. The first kappa shape index (κ1) is 15.8. The third kappa shape index (κ3) is 3.53. The number of rotatable bonds is 4. The summed E-state index contributed by atoms with van der Waals surface area (Å²) in [6.07, 6.45) is 0. The molecule has 20 heavy (non-hydrogen) atoms. The molecule has 2 aromatic carbocycles. The highest BCUT2D eigenvalue weighted by Crippen LogP contribution is 2.32. The fourth-order valence-electron chi connectivity index (χ4n) is 2.06. The Morgan fingerprint density at radius 1 is 1.25 bits per heavy atom. The lowest BCUT2D eigenvalue weighted by molar-refractivity contribution is 0.558. The van der Waals surface area contributed by atoms with E-state index in [1.165, 1.54) is 6.07 Å². The summed E-state index contributed by atoms with van der Waals surface area (Å²) in [5, 5.41) is 4.35. The summed E-state index contributed by atoms with van der Waals surface area (Å²) in [4.78, 5) is 0. The van der Waals surface area contributed by atoms with E-state index >= 15 is 0 Å². The van der Waals surface area contributed by atoms with Crippen molar-refractivity contribution in [3.63, 3.8) is 0 Å². The average molecular weight is 377 g/mol. The Balaban J connectivity index is 2.51. The van der Waals surface area contributed by atoms with E-state index in [0.29, 0.717) is 26.6 Å². The van der Waals surface area contributed by atoms with Crippen molar-refractivity contribution in [2.75, 3.05) is 6.54 Å². The fraction of sp³-hybridized carbons (Fsp3) is 0.200. The van der Waals surface area contributed by atoms with Crippen LogP contribution in [0.5, 0.6) is 0 Å². The van der Waals surface area contributed by atoms with Gasteiger partial charge in [0.05, 0.1) is 11.1 Å². The molecular weight excluding hydrogens is 364 g/mol. The summed E-state index contributed by atoms with van der Waals surface area (Å²) in [6, 6.07) is 10.1. The third-order valence-electron chi connectivity index (χ3n) is 2.94. The van der Waals surface area contributed by atoms with E-state index < -0.39 is 0 Å². The molecule has 1 unspecified atom stereocenters. The normalized spacial score (nSPS) is 12.4. The molecule has 0 aromatic heterocycles. The van der Waals surface area contributed by atoms with E-state index in [9.17, 15) is 4.39 Å². The van der Waals surface area contributed by atoms with Crippen LogP contribution in [0.3, 0.4) is 0 Å². The molecule has 0 spiro atoms. The lowest BCUT2D eigenvalue weighted by atomic mass is 9.98. The molecule has 0 heterocycles. The van der Waals surface area contributed by atoms with Crippen molar-refractivity contribution in [3.8, 4) is 0 Å². The van der Waals surface area contributed by atoms with Crippen molar-refractivity contribution in [1.82, 2.24) is 5.32 Å². The summed E-state index contributed by atoms with van der Waals surface area (Å²) in [7, 11) is 0. The Morgan fingerprint density at radius 2 is 2.00 bits per heavy atom. The van der Waals surface area contributed by atoms with Crippen LogP contribution < -0.4 is 5.32 Å². The van der Waals surface area contributed by atoms with Gasteiger partial charge in [0.15, 0.2) is 0 Å². The van der Waals surface area contributed by atoms with Crippen LogP contribution in [0, 0.1) is 5.82 Å². The van der Waals surface area contributed by atoms with Crippen LogP contribution in [-0.4, -0.2) is 6.54 Å². The highest BCUT2D eigenvalue weighted by molar-refractivity contribution is 9.10. The maximum Gasteiger partial charge on any atom is 0.129 e. The Labute approximate surface area is 136 Å². The van der Waals surface area contributed by atoms with Gasteiger partial charge in [0.2, 0.25) is 0 Å². The van der Waals surface area contributed by atoms with Crippen molar-refractivity contribution < 1.29 is 4.39 Å². The molecular formula is C15H13BrCl2FN. The van der Waals surface area contributed by atoms with Crippen molar-refractivity contribution in [2.45, 2.75) is 13.0 Å². The van der Waals surface area contributed by atoms with Crippen LogP contribution in [0.2, 0.25) is 10.0 Å². The van der Waals surface area contributed by atoms with Crippen molar-refractivity contribution in [3.05, 3.63) is 67.9 Å². The van der Waals surface area contributed by atoms with E-state index in [4.69, 9.17) is 23.2 Å². The fourth-order valence-corrected chi connectivity index (χ4v) is 2.74. The van der Waals surface area contributed by atoms with Crippen molar-refractivity contribution in [1.29, 1.82) is 0 Å². The molecule has 0 aliphatic carbocycles. The maximum absolute atomic E-state index is 14.2. The molecule has 2 rings (SSSR count). The minimum absolute atomic E-state index is 0.288. The van der Waals surface area contributed by atoms with Crippen LogP contribution in [0.15, 0.2) is 40.9 Å². The van der Waals surface area contributed by atoms with Crippen LogP contribution >= 0.6 is 39.1 Å². The van der Waals surface area contributed by atoms with Gasteiger partial charge in [-0.1, -0.05) is 42.3 Å². The number of hydrogen-bond donors (Lipinski definition) is 1. The van der Waals surface area contributed by atoms with Gasteiger partial charge in [-0.25, -0.2) is 4.39 Å². The van der Waals surface area contributed by atoms with Crippen LogP contribution in [0.1, 0.15) is 24.1 Å². The van der Waals surface area contributed by atoms with Crippen LogP contribution in [-0.2, 0) is 0 Å². The molecule has 1 nitrogen and oxygen atoms in total. The van der Waals surface area contributed by atoms with Gasteiger partial charge in [-0.3, -0.25) is 0 Å². The molecule has 1 atom stereocenters. The van der Waals surface area contributed by atoms with E-state index in [-0.39, 0.29) is 11.9 Å². The predicted octanol–water partition coefficient (Wildman–Crippen LogP) is 5.59. The zero-order valence-corrected chi connectivity index (χ0v) is 13.9. The zero-order chi connectivity index (χ0) is 14.7. The highest BCUT2D eigenvalue weighted by atomic mass is 79.9. The van der Waals surface area contributed by atoms with Gasteiger partial charge >= 0.3 is 0 Å². The molecule has 5 heteroatoms. The van der Waals surface area contributed by atoms with Gasteiger partial charge in [0.1, 0.15) is 5.82 Å². The zero-order valence-electron chi connectivity index (χ0n) is 10.8. The molecule has 0 aliphatic heterocycles. The van der Waals surface area contributed by atoms with Gasteiger partial charge < -0.3 is 5.32 Å². The van der Waals surface area contributed by atoms with Crippen molar-refractivity contribution >= 4 is 39.1 Å². The number of hydrogen-bond acceptors (Lipinski definition) is 1. The molecule has 0 saturated heterocycles. The standard InChI is InChI=1S/C15H13BrCl2FN/c1-2-20-15(9-4-3-5-10(17)6-9)11-7-13(18)12(16)8-14(11)19/h3-8,15,20H,2H2,1H3. The van der Waals surface area contributed by atoms with Gasteiger partial charge in [-0.05, 0) is 52.3 Å². The minimum Gasteiger partial charge on any atom is -0.306 e. The summed E-state index contributed by atoms with van der Waals surface area (Å²) in [5.41, 5.74) is 1.40. The molecule has 106 valence electrons. The lowest BCUT2D eigenvalue weighted by Gasteiger charge is -2.20. The molecule has 2 aromatic rings. The van der Waals surface area contributed by atoms with E-state index in [1.807, 2.05) is 25.1 Å². The molecule has 0 amide bonds. The quantitative estimate of drug-likeness (QED) is 0.685. The van der Waals surface area contributed by atoms with Gasteiger partial charge in [0.25, 0.3) is 0 Å². The SMILES string of the molecule is CCNC(c1cccc(Cl)c1)c1cc(Cl)c(Br)cc1F. The van der Waals surface area contributed by atoms with Crippen LogP contribution in [0.4, 0.5) is 4.39 Å². The second-order valence-electron chi connectivity index (χ2n) is 4.33. The Hall–Kier alpha value is -0.610. The Kier molecular flexibility index (Phi) is 5.44. The molecule has 0 radical (unpaired) electrons. The van der Waals surface area contributed by atoms with E-state index in [1.54, 1.807) is 12.1 Å². The van der Waals surface area contributed by atoms with Crippen molar-refractivity contribution in [2.24, 2.45) is 0 Å². The summed E-state index contributed by atoms with van der Waals surface area (Å²) < 4.78 is 14.8. The highest BCUT2D eigenvalue weighted by Gasteiger charge is 2.19. The van der Waals surface area contributed by atoms with E-state index in [2.05, 4.69) is 21.2 Å². The molecule has 1 N–H and O–H groups in total.